The van der Waals surface area contributed by atoms with Crippen LogP contribution in [0.4, 0.5) is 0 Å². The average molecular weight is 364 g/mol. The summed E-state index contributed by atoms with van der Waals surface area (Å²) in [5.74, 6) is -0.516. The SMILES string of the molecule is COC(=O)[C@@H]1[C@@H](C=C(c2ccccc2)c2ccccc2)N(C)CC(=O)N1C. The third-order valence-corrected chi connectivity index (χ3v) is 4.98. The second kappa shape index (κ2) is 8.18. The number of amides is 1. The van der Waals surface area contributed by atoms with E-state index < -0.39 is 12.0 Å². The van der Waals surface area contributed by atoms with E-state index in [4.69, 9.17) is 4.74 Å². The van der Waals surface area contributed by atoms with Crippen LogP contribution in [-0.4, -0.2) is 61.5 Å². The van der Waals surface area contributed by atoms with Gasteiger partial charge in [0.05, 0.1) is 19.7 Å². The quantitative estimate of drug-likeness (QED) is 0.782. The number of nitrogens with zero attached hydrogens (tertiary/aromatic N) is 2. The summed E-state index contributed by atoms with van der Waals surface area (Å²) < 4.78 is 4.99. The predicted molar refractivity (Wildman–Crippen MR) is 105 cm³/mol. The van der Waals surface area contributed by atoms with E-state index >= 15 is 0 Å². The number of rotatable bonds is 4. The van der Waals surface area contributed by atoms with Crippen LogP contribution in [0.5, 0.6) is 0 Å². The van der Waals surface area contributed by atoms with Gasteiger partial charge in [-0.1, -0.05) is 66.7 Å². The van der Waals surface area contributed by atoms with Crippen LogP contribution in [0.25, 0.3) is 5.57 Å². The van der Waals surface area contributed by atoms with E-state index in [1.807, 2.05) is 72.6 Å². The Balaban J connectivity index is 2.12. The van der Waals surface area contributed by atoms with Gasteiger partial charge in [-0.3, -0.25) is 9.69 Å². The first-order chi connectivity index (χ1) is 13.0. The lowest BCUT2D eigenvalue weighted by Crippen LogP contribution is -2.62. The zero-order valence-corrected chi connectivity index (χ0v) is 15.8. The lowest BCUT2D eigenvalue weighted by Gasteiger charge is -2.41. The molecule has 1 fully saturated rings. The number of hydrogen-bond donors (Lipinski definition) is 0. The normalized spacial score (nSPS) is 20.3. The van der Waals surface area contributed by atoms with E-state index in [2.05, 4.69) is 6.08 Å². The van der Waals surface area contributed by atoms with Gasteiger partial charge in [-0.05, 0) is 23.7 Å². The van der Waals surface area contributed by atoms with Crippen molar-refractivity contribution >= 4 is 17.4 Å². The maximum atomic E-state index is 12.5. The Morgan fingerprint density at radius 3 is 2.00 bits per heavy atom. The fourth-order valence-electron chi connectivity index (χ4n) is 3.46. The summed E-state index contributed by atoms with van der Waals surface area (Å²) in [6.07, 6.45) is 2.06. The minimum absolute atomic E-state index is 0.0986. The fourth-order valence-corrected chi connectivity index (χ4v) is 3.46. The first-order valence-corrected chi connectivity index (χ1v) is 8.89. The summed E-state index contributed by atoms with van der Waals surface area (Å²) in [5.41, 5.74) is 3.13. The van der Waals surface area contributed by atoms with Gasteiger partial charge in [-0.25, -0.2) is 4.79 Å². The van der Waals surface area contributed by atoms with Crippen LogP contribution in [0.2, 0.25) is 0 Å². The highest BCUT2D eigenvalue weighted by atomic mass is 16.5. The molecule has 140 valence electrons. The second-order valence-electron chi connectivity index (χ2n) is 6.69. The van der Waals surface area contributed by atoms with Crippen molar-refractivity contribution in [3.63, 3.8) is 0 Å². The van der Waals surface area contributed by atoms with Gasteiger partial charge in [0, 0.05) is 7.05 Å². The molecule has 0 radical (unpaired) electrons. The van der Waals surface area contributed by atoms with Crippen LogP contribution in [0.1, 0.15) is 11.1 Å². The molecule has 1 aliphatic rings. The molecule has 2 atom stereocenters. The van der Waals surface area contributed by atoms with Gasteiger partial charge in [0.25, 0.3) is 0 Å². The van der Waals surface area contributed by atoms with E-state index in [1.165, 1.54) is 12.0 Å². The Labute approximate surface area is 159 Å². The molecule has 0 saturated carbocycles. The molecule has 5 heteroatoms. The lowest BCUT2D eigenvalue weighted by atomic mass is 9.92. The molecule has 3 rings (SSSR count). The number of piperazine rings is 1. The van der Waals surface area contributed by atoms with Crippen molar-refractivity contribution in [2.45, 2.75) is 12.1 Å². The third kappa shape index (κ3) is 3.93. The summed E-state index contributed by atoms with van der Waals surface area (Å²) in [6, 6.07) is 19.1. The van der Waals surface area contributed by atoms with Gasteiger partial charge in [0.2, 0.25) is 5.91 Å². The number of carbonyl (C=O) groups excluding carboxylic acids is 2. The van der Waals surface area contributed by atoms with Crippen LogP contribution >= 0.6 is 0 Å². The monoisotopic (exact) mass is 364 g/mol. The predicted octanol–water partition coefficient (Wildman–Crippen LogP) is 2.43. The maximum Gasteiger partial charge on any atom is 0.330 e. The van der Waals surface area contributed by atoms with Gasteiger partial charge in [0.15, 0.2) is 0 Å². The van der Waals surface area contributed by atoms with E-state index in [9.17, 15) is 9.59 Å². The molecule has 2 aromatic rings. The molecule has 0 N–H and O–H groups in total. The topological polar surface area (TPSA) is 49.9 Å². The molecule has 0 aliphatic carbocycles. The third-order valence-electron chi connectivity index (χ3n) is 4.98. The van der Waals surface area contributed by atoms with Crippen molar-refractivity contribution in [1.29, 1.82) is 0 Å². The molecule has 0 bridgehead atoms. The molecule has 2 aromatic carbocycles. The second-order valence-corrected chi connectivity index (χ2v) is 6.69. The summed E-state index contributed by atoms with van der Waals surface area (Å²) in [7, 11) is 4.86. The fraction of sp³-hybridized carbons (Fsp3) is 0.273. The van der Waals surface area contributed by atoms with Crippen molar-refractivity contribution in [1.82, 2.24) is 9.80 Å². The zero-order chi connectivity index (χ0) is 19.4. The summed E-state index contributed by atoms with van der Waals surface area (Å²) in [6.45, 7) is 0.252. The van der Waals surface area contributed by atoms with Gasteiger partial charge in [-0.15, -0.1) is 0 Å². The zero-order valence-electron chi connectivity index (χ0n) is 15.8. The number of hydrogen-bond acceptors (Lipinski definition) is 4. The van der Waals surface area contributed by atoms with Crippen LogP contribution in [0.15, 0.2) is 66.7 Å². The number of esters is 1. The highest BCUT2D eigenvalue weighted by Gasteiger charge is 2.41. The number of ether oxygens (including phenoxy) is 1. The molecule has 0 unspecified atom stereocenters. The molecule has 1 heterocycles. The molecule has 0 spiro atoms. The Bertz CT molecular complexity index is 792. The highest BCUT2D eigenvalue weighted by Crippen LogP contribution is 2.27. The van der Waals surface area contributed by atoms with E-state index in [0.29, 0.717) is 0 Å². The Morgan fingerprint density at radius 2 is 1.52 bits per heavy atom. The van der Waals surface area contributed by atoms with E-state index in [0.717, 1.165) is 16.7 Å². The smallest absolute Gasteiger partial charge is 0.330 e. The Morgan fingerprint density at radius 1 is 1.00 bits per heavy atom. The van der Waals surface area contributed by atoms with E-state index in [1.54, 1.807) is 7.05 Å². The van der Waals surface area contributed by atoms with Crippen molar-refractivity contribution in [3.8, 4) is 0 Å². The molecule has 27 heavy (non-hydrogen) atoms. The maximum absolute atomic E-state index is 12.5. The minimum atomic E-state index is -0.691. The van der Waals surface area contributed by atoms with Crippen LogP contribution in [0.3, 0.4) is 0 Å². The number of methoxy groups -OCH3 is 1. The van der Waals surface area contributed by atoms with Crippen LogP contribution < -0.4 is 0 Å². The van der Waals surface area contributed by atoms with Crippen molar-refractivity contribution in [2.24, 2.45) is 0 Å². The number of benzene rings is 2. The standard InChI is InChI=1S/C22H24N2O3/c1-23-15-20(25)24(2)21(22(26)27-3)19(23)14-18(16-10-6-4-7-11-16)17-12-8-5-9-13-17/h4-14,19,21H,15H2,1-3H3/t19-,21+/m1/s1. The molecule has 0 aromatic heterocycles. The molecule has 1 aliphatic heterocycles. The first kappa shape index (κ1) is 18.9. The molecule has 5 nitrogen and oxygen atoms in total. The van der Waals surface area contributed by atoms with Gasteiger partial charge in [0.1, 0.15) is 6.04 Å². The molecular weight excluding hydrogens is 340 g/mol. The highest BCUT2D eigenvalue weighted by molar-refractivity contribution is 5.89. The summed E-state index contributed by atoms with van der Waals surface area (Å²) in [4.78, 5) is 28.1. The lowest BCUT2D eigenvalue weighted by molar-refractivity contribution is -0.158. The van der Waals surface area contributed by atoms with Crippen LogP contribution in [0, 0.1) is 0 Å². The molecular formula is C22H24N2O3. The average Bonchev–Trinajstić information content (AvgIpc) is 2.70. The minimum Gasteiger partial charge on any atom is -0.467 e. The van der Waals surface area contributed by atoms with Gasteiger partial charge in [-0.2, -0.15) is 0 Å². The first-order valence-electron chi connectivity index (χ1n) is 8.89. The van der Waals surface area contributed by atoms with Gasteiger partial charge < -0.3 is 9.64 Å². The van der Waals surface area contributed by atoms with E-state index in [-0.39, 0.29) is 18.5 Å². The Hall–Kier alpha value is -2.92. The number of carbonyl (C=O) groups is 2. The molecule has 1 saturated heterocycles. The summed E-state index contributed by atoms with van der Waals surface area (Å²) >= 11 is 0. The summed E-state index contributed by atoms with van der Waals surface area (Å²) in [5, 5.41) is 0. The largest absolute Gasteiger partial charge is 0.467 e. The van der Waals surface area contributed by atoms with Crippen molar-refractivity contribution in [3.05, 3.63) is 77.9 Å². The van der Waals surface area contributed by atoms with Crippen LogP contribution in [-0.2, 0) is 14.3 Å². The number of likely N-dealkylation sites (N-methyl/N-ethyl adjacent to an activating group) is 2. The van der Waals surface area contributed by atoms with Gasteiger partial charge >= 0.3 is 5.97 Å². The Kier molecular flexibility index (Phi) is 5.72. The van der Waals surface area contributed by atoms with Crippen molar-refractivity contribution < 1.29 is 14.3 Å². The molecule has 1 amide bonds. The van der Waals surface area contributed by atoms with Crippen molar-refractivity contribution in [2.75, 3.05) is 27.7 Å².